The van der Waals surface area contributed by atoms with Crippen molar-refractivity contribution in [2.45, 2.75) is 37.9 Å². The number of aliphatic carboxylic acids is 1. The SMILES string of the molecule is N#Cc1cnccc1N1CCC([C@@H]2CC[C@H](C(=O)O)O2)CC1. The summed E-state index contributed by atoms with van der Waals surface area (Å²) in [7, 11) is 0. The highest BCUT2D eigenvalue weighted by Crippen LogP contribution is 2.33. The number of anilines is 1. The highest BCUT2D eigenvalue weighted by atomic mass is 16.5. The Morgan fingerprint density at radius 2 is 2.14 bits per heavy atom. The van der Waals surface area contributed by atoms with Gasteiger partial charge in [0.15, 0.2) is 6.10 Å². The molecular formula is C16H19N3O3. The van der Waals surface area contributed by atoms with Crippen molar-refractivity contribution in [3.8, 4) is 6.07 Å². The fraction of sp³-hybridized carbons (Fsp3) is 0.562. The lowest BCUT2D eigenvalue weighted by atomic mass is 9.89. The van der Waals surface area contributed by atoms with E-state index in [2.05, 4.69) is 16.0 Å². The van der Waals surface area contributed by atoms with Crippen molar-refractivity contribution in [2.75, 3.05) is 18.0 Å². The van der Waals surface area contributed by atoms with E-state index in [0.29, 0.717) is 17.9 Å². The van der Waals surface area contributed by atoms with Crippen molar-refractivity contribution >= 4 is 11.7 Å². The van der Waals surface area contributed by atoms with E-state index in [1.165, 1.54) is 0 Å². The predicted molar refractivity (Wildman–Crippen MR) is 79.4 cm³/mol. The van der Waals surface area contributed by atoms with Crippen LogP contribution in [0.15, 0.2) is 18.5 Å². The lowest BCUT2D eigenvalue weighted by Crippen LogP contribution is -2.38. The van der Waals surface area contributed by atoms with Gasteiger partial charge in [0.05, 0.1) is 17.4 Å². The van der Waals surface area contributed by atoms with Gasteiger partial charge in [-0.15, -0.1) is 0 Å². The minimum atomic E-state index is -0.851. The first-order chi connectivity index (χ1) is 10.7. The van der Waals surface area contributed by atoms with E-state index in [-0.39, 0.29) is 6.10 Å². The fourth-order valence-electron chi connectivity index (χ4n) is 3.45. The van der Waals surface area contributed by atoms with Crippen LogP contribution in [-0.2, 0) is 9.53 Å². The number of hydrogen-bond donors (Lipinski definition) is 1. The van der Waals surface area contributed by atoms with E-state index in [1.807, 2.05) is 6.07 Å². The highest BCUT2D eigenvalue weighted by molar-refractivity contribution is 5.72. The summed E-state index contributed by atoms with van der Waals surface area (Å²) in [6, 6.07) is 4.06. The second-order valence-corrected chi connectivity index (χ2v) is 5.91. The Morgan fingerprint density at radius 1 is 1.36 bits per heavy atom. The third-order valence-corrected chi connectivity index (χ3v) is 4.65. The highest BCUT2D eigenvalue weighted by Gasteiger charge is 2.36. The zero-order chi connectivity index (χ0) is 15.5. The molecule has 0 spiro atoms. The monoisotopic (exact) mass is 301 g/mol. The Bertz CT molecular complexity index is 591. The number of nitrogens with zero attached hydrogens (tertiary/aromatic N) is 3. The van der Waals surface area contributed by atoms with Gasteiger partial charge in [-0.25, -0.2) is 4.79 Å². The van der Waals surface area contributed by atoms with Crippen LogP contribution in [0.4, 0.5) is 5.69 Å². The van der Waals surface area contributed by atoms with Crippen LogP contribution < -0.4 is 4.90 Å². The molecule has 0 aliphatic carbocycles. The van der Waals surface area contributed by atoms with Crippen LogP contribution in [0.5, 0.6) is 0 Å². The second-order valence-electron chi connectivity index (χ2n) is 5.91. The van der Waals surface area contributed by atoms with E-state index in [4.69, 9.17) is 15.1 Å². The van der Waals surface area contributed by atoms with Crippen molar-refractivity contribution in [3.63, 3.8) is 0 Å². The first-order valence-electron chi connectivity index (χ1n) is 7.66. The Morgan fingerprint density at radius 3 is 2.77 bits per heavy atom. The normalized spacial score (nSPS) is 25.9. The van der Waals surface area contributed by atoms with Gasteiger partial charge in [0.1, 0.15) is 6.07 Å². The molecule has 3 rings (SSSR count). The summed E-state index contributed by atoms with van der Waals surface area (Å²) in [5.41, 5.74) is 1.54. The quantitative estimate of drug-likeness (QED) is 0.916. The zero-order valence-corrected chi connectivity index (χ0v) is 12.3. The molecule has 0 unspecified atom stereocenters. The standard InChI is InChI=1S/C16H19N3O3/c17-9-12-10-18-6-3-13(12)19-7-4-11(5-8-19)14-1-2-15(22-14)16(20)21/h3,6,10-11,14-15H,1-2,4-5,7-8H2,(H,20,21)/t14-,15+/m0/s1. The molecule has 2 aliphatic rings. The van der Waals surface area contributed by atoms with Gasteiger partial charge in [0.25, 0.3) is 0 Å². The first-order valence-corrected chi connectivity index (χ1v) is 7.66. The molecule has 6 nitrogen and oxygen atoms in total. The number of hydrogen-bond acceptors (Lipinski definition) is 5. The Kier molecular flexibility index (Phi) is 4.25. The third kappa shape index (κ3) is 2.90. The lowest BCUT2D eigenvalue weighted by molar-refractivity contribution is -0.150. The average Bonchev–Trinajstić information content (AvgIpc) is 3.05. The molecule has 1 aromatic rings. The number of carboxylic acid groups (broad SMARTS) is 1. The smallest absolute Gasteiger partial charge is 0.332 e. The van der Waals surface area contributed by atoms with Crippen LogP contribution >= 0.6 is 0 Å². The number of carbonyl (C=O) groups is 1. The minimum Gasteiger partial charge on any atom is -0.479 e. The van der Waals surface area contributed by atoms with Gasteiger partial charge in [0, 0.05) is 25.5 Å². The van der Waals surface area contributed by atoms with Gasteiger partial charge in [-0.3, -0.25) is 4.98 Å². The van der Waals surface area contributed by atoms with Gasteiger partial charge >= 0.3 is 5.97 Å². The maximum absolute atomic E-state index is 11.0. The molecular weight excluding hydrogens is 282 g/mol. The zero-order valence-electron chi connectivity index (χ0n) is 12.3. The lowest BCUT2D eigenvalue weighted by Gasteiger charge is -2.36. The van der Waals surface area contributed by atoms with Crippen LogP contribution in [0.2, 0.25) is 0 Å². The molecule has 2 saturated heterocycles. The van der Waals surface area contributed by atoms with Crippen LogP contribution in [0.25, 0.3) is 0 Å². The molecule has 3 heterocycles. The van der Waals surface area contributed by atoms with E-state index in [0.717, 1.165) is 38.0 Å². The summed E-state index contributed by atoms with van der Waals surface area (Å²) < 4.78 is 5.67. The Balaban J connectivity index is 1.59. The van der Waals surface area contributed by atoms with Crippen LogP contribution in [0, 0.1) is 17.2 Å². The molecule has 116 valence electrons. The van der Waals surface area contributed by atoms with E-state index in [1.54, 1.807) is 12.4 Å². The third-order valence-electron chi connectivity index (χ3n) is 4.65. The molecule has 0 aromatic carbocycles. The fourth-order valence-corrected chi connectivity index (χ4v) is 3.45. The molecule has 1 N–H and O–H groups in total. The van der Waals surface area contributed by atoms with Gasteiger partial charge in [-0.1, -0.05) is 0 Å². The first kappa shape index (κ1) is 14.8. The van der Waals surface area contributed by atoms with Crippen molar-refractivity contribution in [1.82, 2.24) is 4.98 Å². The number of ether oxygens (including phenoxy) is 1. The molecule has 6 heteroatoms. The summed E-state index contributed by atoms with van der Waals surface area (Å²) in [6.45, 7) is 1.72. The molecule has 2 atom stereocenters. The van der Waals surface area contributed by atoms with E-state index in [9.17, 15) is 4.79 Å². The molecule has 2 aliphatic heterocycles. The van der Waals surface area contributed by atoms with Crippen molar-refractivity contribution in [1.29, 1.82) is 5.26 Å². The summed E-state index contributed by atoms with van der Waals surface area (Å²) in [6.07, 6.45) is 6.11. The number of pyridine rings is 1. The number of carboxylic acids is 1. The van der Waals surface area contributed by atoms with Crippen LogP contribution in [-0.4, -0.2) is 41.4 Å². The molecule has 0 bridgehead atoms. The number of rotatable bonds is 3. The van der Waals surface area contributed by atoms with Crippen molar-refractivity contribution in [2.24, 2.45) is 5.92 Å². The van der Waals surface area contributed by atoms with Gasteiger partial charge in [-0.05, 0) is 37.7 Å². The second kappa shape index (κ2) is 6.32. The number of aromatic nitrogens is 1. The molecule has 2 fully saturated rings. The molecule has 1 aromatic heterocycles. The Labute approximate surface area is 129 Å². The number of nitriles is 1. The van der Waals surface area contributed by atoms with Crippen LogP contribution in [0.3, 0.4) is 0 Å². The molecule has 0 amide bonds. The van der Waals surface area contributed by atoms with Crippen molar-refractivity contribution < 1.29 is 14.6 Å². The maximum atomic E-state index is 11.0. The van der Waals surface area contributed by atoms with Crippen molar-refractivity contribution in [3.05, 3.63) is 24.0 Å². The van der Waals surface area contributed by atoms with Crippen LogP contribution in [0.1, 0.15) is 31.2 Å². The Hall–Kier alpha value is -2.13. The van der Waals surface area contributed by atoms with Gasteiger partial charge in [0.2, 0.25) is 0 Å². The van der Waals surface area contributed by atoms with E-state index >= 15 is 0 Å². The predicted octanol–water partition coefficient (Wildman–Crippen LogP) is 1.80. The van der Waals surface area contributed by atoms with Gasteiger partial charge in [-0.2, -0.15) is 5.26 Å². The molecule has 22 heavy (non-hydrogen) atoms. The summed E-state index contributed by atoms with van der Waals surface area (Å²) in [5, 5.41) is 18.2. The minimum absolute atomic E-state index is 0.0659. The summed E-state index contributed by atoms with van der Waals surface area (Å²) in [5.74, 6) is -0.441. The largest absolute Gasteiger partial charge is 0.479 e. The topological polar surface area (TPSA) is 86.5 Å². The summed E-state index contributed by atoms with van der Waals surface area (Å²) >= 11 is 0. The van der Waals surface area contributed by atoms with Gasteiger partial charge < -0.3 is 14.7 Å². The molecule has 0 radical (unpaired) electrons. The molecule has 0 saturated carbocycles. The van der Waals surface area contributed by atoms with E-state index < -0.39 is 12.1 Å². The summed E-state index contributed by atoms with van der Waals surface area (Å²) in [4.78, 5) is 17.2. The maximum Gasteiger partial charge on any atom is 0.332 e. The number of piperidine rings is 1. The average molecular weight is 301 g/mol.